The second kappa shape index (κ2) is 14.3. The fourth-order valence-corrected chi connectivity index (χ4v) is 3.43. The molecule has 0 spiro atoms. The van der Waals surface area contributed by atoms with Crippen LogP contribution in [0.15, 0.2) is 0 Å². The predicted molar refractivity (Wildman–Crippen MR) is 99.7 cm³/mol. The van der Waals surface area contributed by atoms with E-state index in [1.807, 2.05) is 0 Å². The van der Waals surface area contributed by atoms with Gasteiger partial charge in [0.25, 0.3) is 0 Å². The molecule has 23 heavy (non-hydrogen) atoms. The highest BCUT2D eigenvalue weighted by Crippen LogP contribution is 2.20. The van der Waals surface area contributed by atoms with Gasteiger partial charge in [0.1, 0.15) is 0 Å². The van der Waals surface area contributed by atoms with E-state index in [9.17, 15) is 0 Å². The summed E-state index contributed by atoms with van der Waals surface area (Å²) in [5.41, 5.74) is 0. The molecule has 1 rings (SSSR count). The van der Waals surface area contributed by atoms with Crippen LogP contribution in [-0.4, -0.2) is 19.5 Å². The summed E-state index contributed by atoms with van der Waals surface area (Å²) in [5.74, 6) is 1.57. The standard InChI is InChI=1S/C21H42O2/c1-4-5-6-7-8-9-13-19(2)14-12-15-20(3)18-23-21-16-10-11-17-22-21/h19-21H,4-18H2,1-3H3/t19-,20+,21?/m0/s1. The molecule has 2 heteroatoms. The van der Waals surface area contributed by atoms with Gasteiger partial charge in [0.05, 0.1) is 6.61 Å². The van der Waals surface area contributed by atoms with Crippen molar-refractivity contribution in [3.05, 3.63) is 0 Å². The summed E-state index contributed by atoms with van der Waals surface area (Å²) < 4.78 is 11.5. The van der Waals surface area contributed by atoms with Crippen LogP contribution in [-0.2, 0) is 9.47 Å². The Morgan fingerprint density at radius 3 is 2.30 bits per heavy atom. The van der Waals surface area contributed by atoms with E-state index in [-0.39, 0.29) is 6.29 Å². The van der Waals surface area contributed by atoms with Crippen LogP contribution in [0.5, 0.6) is 0 Å². The first-order valence-corrected chi connectivity index (χ1v) is 10.5. The van der Waals surface area contributed by atoms with Crippen LogP contribution in [0.25, 0.3) is 0 Å². The molecule has 1 aliphatic heterocycles. The average molecular weight is 327 g/mol. The molecule has 0 aromatic heterocycles. The summed E-state index contributed by atoms with van der Waals surface area (Å²) in [7, 11) is 0. The van der Waals surface area contributed by atoms with Gasteiger partial charge < -0.3 is 9.47 Å². The summed E-state index contributed by atoms with van der Waals surface area (Å²) >= 11 is 0. The minimum absolute atomic E-state index is 0.0813. The van der Waals surface area contributed by atoms with Crippen molar-refractivity contribution >= 4 is 0 Å². The Morgan fingerprint density at radius 1 is 0.870 bits per heavy atom. The molecule has 1 saturated heterocycles. The lowest BCUT2D eigenvalue weighted by molar-refractivity contribution is -0.168. The Labute approximate surface area is 145 Å². The van der Waals surface area contributed by atoms with Gasteiger partial charge in [0.15, 0.2) is 6.29 Å². The maximum Gasteiger partial charge on any atom is 0.157 e. The van der Waals surface area contributed by atoms with Gasteiger partial charge in [-0.15, -0.1) is 0 Å². The van der Waals surface area contributed by atoms with Gasteiger partial charge in [-0.1, -0.05) is 78.6 Å². The Hall–Kier alpha value is -0.0800. The predicted octanol–water partition coefficient (Wildman–Crippen LogP) is 6.72. The van der Waals surface area contributed by atoms with Crippen LogP contribution in [0.4, 0.5) is 0 Å². The summed E-state index contributed by atoms with van der Waals surface area (Å²) in [6, 6.07) is 0. The normalized spacial score (nSPS) is 21.3. The molecule has 138 valence electrons. The lowest BCUT2D eigenvalue weighted by Gasteiger charge is -2.24. The van der Waals surface area contributed by atoms with E-state index in [2.05, 4.69) is 20.8 Å². The Bertz CT molecular complexity index is 248. The van der Waals surface area contributed by atoms with Crippen LogP contribution in [0.1, 0.15) is 104 Å². The van der Waals surface area contributed by atoms with Crippen molar-refractivity contribution in [1.82, 2.24) is 0 Å². The zero-order valence-electron chi connectivity index (χ0n) is 16.2. The van der Waals surface area contributed by atoms with E-state index in [1.54, 1.807) is 0 Å². The Balaban J connectivity index is 1.89. The second-order valence-corrected chi connectivity index (χ2v) is 7.83. The van der Waals surface area contributed by atoms with Gasteiger partial charge in [-0.05, 0) is 37.5 Å². The largest absolute Gasteiger partial charge is 0.353 e. The molecule has 0 saturated carbocycles. The zero-order chi connectivity index (χ0) is 16.8. The van der Waals surface area contributed by atoms with Crippen LogP contribution in [0, 0.1) is 11.8 Å². The lowest BCUT2D eigenvalue weighted by Crippen LogP contribution is -2.24. The van der Waals surface area contributed by atoms with E-state index >= 15 is 0 Å². The summed E-state index contributed by atoms with van der Waals surface area (Å²) in [6.45, 7) is 8.80. The monoisotopic (exact) mass is 326 g/mol. The van der Waals surface area contributed by atoms with E-state index < -0.39 is 0 Å². The highest BCUT2D eigenvalue weighted by molar-refractivity contribution is 4.60. The summed E-state index contributed by atoms with van der Waals surface area (Å²) in [4.78, 5) is 0. The molecule has 1 unspecified atom stereocenters. The summed E-state index contributed by atoms with van der Waals surface area (Å²) in [5, 5.41) is 0. The third-order valence-corrected chi connectivity index (χ3v) is 5.15. The molecular weight excluding hydrogens is 284 g/mol. The van der Waals surface area contributed by atoms with Crippen LogP contribution >= 0.6 is 0 Å². The quantitative estimate of drug-likeness (QED) is 0.330. The molecule has 1 fully saturated rings. The first-order valence-electron chi connectivity index (χ1n) is 10.5. The van der Waals surface area contributed by atoms with Gasteiger partial charge in [0.2, 0.25) is 0 Å². The van der Waals surface area contributed by atoms with Gasteiger partial charge in [-0.3, -0.25) is 0 Å². The molecular formula is C21H42O2. The smallest absolute Gasteiger partial charge is 0.157 e. The van der Waals surface area contributed by atoms with Crippen molar-refractivity contribution in [1.29, 1.82) is 0 Å². The zero-order valence-corrected chi connectivity index (χ0v) is 16.2. The third kappa shape index (κ3) is 12.0. The molecule has 0 bridgehead atoms. The highest BCUT2D eigenvalue weighted by atomic mass is 16.7. The molecule has 0 aromatic rings. The molecule has 0 N–H and O–H groups in total. The minimum Gasteiger partial charge on any atom is -0.353 e. The van der Waals surface area contributed by atoms with E-state index in [0.717, 1.165) is 25.6 Å². The molecule has 2 nitrogen and oxygen atoms in total. The van der Waals surface area contributed by atoms with Crippen molar-refractivity contribution in [2.24, 2.45) is 11.8 Å². The van der Waals surface area contributed by atoms with E-state index in [0.29, 0.717) is 5.92 Å². The number of ether oxygens (including phenoxy) is 2. The Morgan fingerprint density at radius 2 is 1.57 bits per heavy atom. The van der Waals surface area contributed by atoms with Crippen molar-refractivity contribution in [2.45, 2.75) is 111 Å². The molecule has 0 aromatic carbocycles. The topological polar surface area (TPSA) is 18.5 Å². The van der Waals surface area contributed by atoms with Gasteiger partial charge in [-0.2, -0.15) is 0 Å². The number of hydrogen-bond acceptors (Lipinski definition) is 2. The molecule has 0 radical (unpaired) electrons. The number of rotatable bonds is 14. The SMILES string of the molecule is CCCCCCCC[C@H](C)CCC[C@@H](C)COC1CCCCO1. The third-order valence-electron chi connectivity index (χ3n) is 5.15. The molecule has 1 aliphatic rings. The number of unbranched alkanes of at least 4 members (excludes halogenated alkanes) is 5. The molecule has 0 amide bonds. The average Bonchev–Trinajstić information content (AvgIpc) is 2.57. The van der Waals surface area contributed by atoms with Crippen molar-refractivity contribution in [3.63, 3.8) is 0 Å². The van der Waals surface area contributed by atoms with Crippen molar-refractivity contribution in [3.8, 4) is 0 Å². The maximum atomic E-state index is 5.89. The number of hydrogen-bond donors (Lipinski definition) is 0. The van der Waals surface area contributed by atoms with Crippen LogP contribution in [0.3, 0.4) is 0 Å². The molecule has 3 atom stereocenters. The first-order chi connectivity index (χ1) is 11.2. The van der Waals surface area contributed by atoms with Crippen molar-refractivity contribution < 1.29 is 9.47 Å². The fourth-order valence-electron chi connectivity index (χ4n) is 3.43. The maximum absolute atomic E-state index is 5.89. The van der Waals surface area contributed by atoms with Crippen molar-refractivity contribution in [2.75, 3.05) is 13.2 Å². The molecule has 0 aliphatic carbocycles. The van der Waals surface area contributed by atoms with Gasteiger partial charge in [-0.25, -0.2) is 0 Å². The lowest BCUT2D eigenvalue weighted by atomic mass is 9.94. The van der Waals surface area contributed by atoms with E-state index in [4.69, 9.17) is 9.47 Å². The second-order valence-electron chi connectivity index (χ2n) is 7.83. The minimum atomic E-state index is 0.0813. The molecule has 1 heterocycles. The fraction of sp³-hybridized carbons (Fsp3) is 1.00. The Kier molecular flexibility index (Phi) is 13.0. The first kappa shape index (κ1) is 21.0. The summed E-state index contributed by atoms with van der Waals surface area (Å²) in [6.07, 6.45) is 17.6. The van der Waals surface area contributed by atoms with Crippen LogP contribution in [0.2, 0.25) is 0 Å². The van der Waals surface area contributed by atoms with Crippen LogP contribution < -0.4 is 0 Å². The van der Waals surface area contributed by atoms with Gasteiger partial charge in [0, 0.05) is 6.61 Å². The van der Waals surface area contributed by atoms with E-state index in [1.165, 1.54) is 77.0 Å². The van der Waals surface area contributed by atoms with Gasteiger partial charge >= 0.3 is 0 Å². The highest BCUT2D eigenvalue weighted by Gasteiger charge is 2.15.